The molecule has 2 aliphatic heterocycles. The number of nitrogens with zero attached hydrogens (tertiary/aromatic N) is 1. The largest absolute Gasteiger partial charge is 0.508 e. The van der Waals surface area contributed by atoms with Gasteiger partial charge in [0.2, 0.25) is 17.7 Å². The Morgan fingerprint density at radius 1 is 1.00 bits per heavy atom. The molecule has 0 radical (unpaired) electrons. The van der Waals surface area contributed by atoms with Gasteiger partial charge >= 0.3 is 0 Å². The van der Waals surface area contributed by atoms with Crippen molar-refractivity contribution >= 4 is 23.5 Å². The lowest BCUT2D eigenvalue weighted by molar-refractivity contribution is -0.132. The number of aromatic hydroxyl groups is 1. The van der Waals surface area contributed by atoms with Gasteiger partial charge in [0.05, 0.1) is 46.1 Å². The zero-order chi connectivity index (χ0) is 31.4. The summed E-state index contributed by atoms with van der Waals surface area (Å²) in [6.45, 7) is 7.81. The molecule has 2 fully saturated rings. The number of rotatable bonds is 12. The third-order valence-electron chi connectivity index (χ3n) is 7.05. The molecule has 0 aliphatic carbocycles. The summed E-state index contributed by atoms with van der Waals surface area (Å²) in [7, 11) is 1.67. The van der Waals surface area contributed by atoms with Gasteiger partial charge in [-0.15, -0.1) is 0 Å². The van der Waals surface area contributed by atoms with Crippen LogP contribution in [0.2, 0.25) is 0 Å². The number of phenolic OH excluding ortho intramolecular Hbond substituents is 1. The van der Waals surface area contributed by atoms with Crippen LogP contribution in [-0.2, 0) is 35.1 Å². The van der Waals surface area contributed by atoms with E-state index in [4.69, 9.17) is 14.2 Å². The van der Waals surface area contributed by atoms with Gasteiger partial charge in [0.25, 0.3) is 0 Å². The van der Waals surface area contributed by atoms with E-state index in [1.807, 2.05) is 29.2 Å². The van der Waals surface area contributed by atoms with E-state index in [1.165, 1.54) is 24.6 Å². The average molecular weight is 599 g/mol. The molecule has 2 aromatic rings. The third kappa shape index (κ3) is 11.3. The van der Waals surface area contributed by atoms with Gasteiger partial charge in [0, 0.05) is 13.1 Å². The number of hydrogen-bond donors (Lipinski definition) is 4. The molecule has 2 unspecified atom stereocenters. The van der Waals surface area contributed by atoms with Crippen LogP contribution in [0.5, 0.6) is 11.5 Å². The average Bonchev–Trinajstić information content (AvgIpc) is 3.75. The number of ketones is 1. The Labute approximate surface area is 252 Å². The van der Waals surface area contributed by atoms with E-state index in [-0.39, 0.29) is 43.6 Å². The maximum absolute atomic E-state index is 12.8. The van der Waals surface area contributed by atoms with Crippen molar-refractivity contribution < 1.29 is 38.5 Å². The van der Waals surface area contributed by atoms with Gasteiger partial charge in [-0.1, -0.05) is 29.8 Å². The number of benzene rings is 2. The van der Waals surface area contributed by atoms with Crippen LogP contribution in [0.4, 0.5) is 0 Å². The molecule has 3 amide bonds. The summed E-state index contributed by atoms with van der Waals surface area (Å²) in [5.74, 6) is -0.580. The molecular formula is C31H42N4O8. The van der Waals surface area contributed by atoms with Crippen LogP contribution in [0, 0.1) is 6.92 Å². The number of phenols is 1. The fraction of sp³-hybridized carbons (Fsp3) is 0.484. The number of methoxy groups -OCH3 is 1. The number of Topliss-reactive ketones (excluding diaryl/α,β-unsaturated/α-hetero) is 1. The SMILES string of the molecule is CC(NC(=O)CN1CCOCC1)C(=O)NCC(=O)NC(Cc1ccc(O)cc1)C(=O)[C@@]1(C)CO1.COc1ccc(C)cc1. The lowest BCUT2D eigenvalue weighted by Gasteiger charge is -2.26. The Hall–Kier alpha value is -4.00. The standard InChI is InChI=1S/C23H32N4O7.C8H10O/c1-15(25-20(30)13-27-7-9-33-10-8-27)22(32)24-12-19(29)26-18(21(31)23(2)14-34-23)11-16-3-5-17(28)6-4-16;1-7-3-5-8(9-2)6-4-7/h3-6,15,18,28H,7-14H2,1-2H3,(H,24,32)(H,25,30)(H,26,29);3-6H,1-2H3/t15?,18?,23-;/m1./s1. The van der Waals surface area contributed by atoms with E-state index in [9.17, 15) is 24.3 Å². The molecule has 0 saturated carbocycles. The minimum absolute atomic E-state index is 0.0991. The second kappa shape index (κ2) is 16.0. The number of ether oxygens (including phenoxy) is 3. The fourth-order valence-electron chi connectivity index (χ4n) is 4.25. The molecule has 2 aromatic carbocycles. The Morgan fingerprint density at radius 3 is 2.21 bits per heavy atom. The molecule has 43 heavy (non-hydrogen) atoms. The molecule has 2 aliphatic rings. The predicted molar refractivity (Wildman–Crippen MR) is 159 cm³/mol. The van der Waals surface area contributed by atoms with Gasteiger partial charge < -0.3 is 35.3 Å². The Kier molecular flexibility index (Phi) is 12.5. The van der Waals surface area contributed by atoms with Gasteiger partial charge in [0.1, 0.15) is 23.1 Å². The first-order valence-electron chi connectivity index (χ1n) is 14.2. The van der Waals surface area contributed by atoms with Crippen molar-refractivity contribution in [3.05, 3.63) is 59.7 Å². The maximum atomic E-state index is 12.8. The van der Waals surface area contributed by atoms with Gasteiger partial charge in [-0.3, -0.25) is 24.1 Å². The van der Waals surface area contributed by atoms with Crippen LogP contribution >= 0.6 is 0 Å². The topological polar surface area (TPSA) is 159 Å². The number of aryl methyl sites for hydroxylation is 1. The molecule has 2 saturated heterocycles. The Bertz CT molecular complexity index is 1230. The van der Waals surface area contributed by atoms with Crippen LogP contribution in [0.1, 0.15) is 25.0 Å². The smallest absolute Gasteiger partial charge is 0.242 e. The first kappa shape index (κ1) is 33.5. The molecule has 4 N–H and O–H groups in total. The lowest BCUT2D eigenvalue weighted by Crippen LogP contribution is -2.53. The van der Waals surface area contributed by atoms with Crippen molar-refractivity contribution in [1.29, 1.82) is 0 Å². The van der Waals surface area contributed by atoms with Crippen LogP contribution in [-0.4, -0.2) is 104 Å². The van der Waals surface area contributed by atoms with E-state index in [1.54, 1.807) is 26.2 Å². The van der Waals surface area contributed by atoms with Gasteiger partial charge in [-0.2, -0.15) is 0 Å². The summed E-state index contributed by atoms with van der Waals surface area (Å²) in [5, 5.41) is 17.2. The van der Waals surface area contributed by atoms with Crippen LogP contribution in [0.25, 0.3) is 0 Å². The normalized spacial score (nSPS) is 19.1. The van der Waals surface area contributed by atoms with Gasteiger partial charge in [-0.05, 0) is 57.0 Å². The summed E-state index contributed by atoms with van der Waals surface area (Å²) in [6.07, 6.45) is 0.214. The highest BCUT2D eigenvalue weighted by atomic mass is 16.6. The van der Waals surface area contributed by atoms with E-state index in [0.29, 0.717) is 26.3 Å². The monoisotopic (exact) mass is 598 g/mol. The third-order valence-corrected chi connectivity index (χ3v) is 7.05. The maximum Gasteiger partial charge on any atom is 0.242 e. The number of carbonyl (C=O) groups is 4. The number of morpholine rings is 1. The highest BCUT2D eigenvalue weighted by Crippen LogP contribution is 2.29. The van der Waals surface area contributed by atoms with Crippen molar-refractivity contribution in [2.45, 2.75) is 44.9 Å². The molecule has 0 bridgehead atoms. The minimum Gasteiger partial charge on any atom is -0.508 e. The van der Waals surface area contributed by atoms with Crippen molar-refractivity contribution in [3.8, 4) is 11.5 Å². The van der Waals surface area contributed by atoms with E-state index >= 15 is 0 Å². The summed E-state index contributed by atoms with van der Waals surface area (Å²) in [4.78, 5) is 51.8. The zero-order valence-electron chi connectivity index (χ0n) is 25.2. The summed E-state index contributed by atoms with van der Waals surface area (Å²) < 4.78 is 15.4. The molecule has 12 nitrogen and oxygen atoms in total. The summed E-state index contributed by atoms with van der Waals surface area (Å²) in [5.41, 5.74) is 1.08. The van der Waals surface area contributed by atoms with Gasteiger partial charge in [0.15, 0.2) is 5.78 Å². The van der Waals surface area contributed by atoms with Gasteiger partial charge in [-0.25, -0.2) is 0 Å². The molecular weight excluding hydrogens is 556 g/mol. The molecule has 234 valence electrons. The van der Waals surface area contributed by atoms with Crippen molar-refractivity contribution in [2.75, 3.05) is 53.1 Å². The Balaban J connectivity index is 0.000000480. The number of carbonyl (C=O) groups excluding carboxylic acids is 4. The predicted octanol–water partition coefficient (Wildman–Crippen LogP) is 0.734. The van der Waals surface area contributed by atoms with Crippen LogP contribution < -0.4 is 20.7 Å². The second-order valence-electron chi connectivity index (χ2n) is 10.8. The first-order chi connectivity index (χ1) is 20.5. The van der Waals surface area contributed by atoms with Crippen molar-refractivity contribution in [3.63, 3.8) is 0 Å². The van der Waals surface area contributed by atoms with Crippen molar-refractivity contribution in [2.24, 2.45) is 0 Å². The molecule has 0 aromatic heterocycles. The number of hydrogen-bond acceptors (Lipinski definition) is 9. The summed E-state index contributed by atoms with van der Waals surface area (Å²) >= 11 is 0. The second-order valence-corrected chi connectivity index (χ2v) is 10.8. The number of nitrogens with one attached hydrogen (secondary N) is 3. The van der Waals surface area contributed by atoms with E-state index in [0.717, 1.165) is 11.3 Å². The minimum atomic E-state index is -0.933. The van der Waals surface area contributed by atoms with E-state index < -0.39 is 29.5 Å². The summed E-state index contributed by atoms with van der Waals surface area (Å²) in [6, 6.07) is 12.6. The Morgan fingerprint density at radius 2 is 1.63 bits per heavy atom. The number of amides is 3. The van der Waals surface area contributed by atoms with Crippen molar-refractivity contribution in [1.82, 2.24) is 20.9 Å². The fourth-order valence-corrected chi connectivity index (χ4v) is 4.25. The molecule has 12 heteroatoms. The van der Waals surface area contributed by atoms with Crippen LogP contribution in [0.3, 0.4) is 0 Å². The molecule has 3 atom stereocenters. The molecule has 0 spiro atoms. The first-order valence-corrected chi connectivity index (χ1v) is 14.2. The lowest BCUT2D eigenvalue weighted by atomic mass is 9.95. The highest BCUT2D eigenvalue weighted by molar-refractivity contribution is 5.97. The number of epoxide rings is 1. The van der Waals surface area contributed by atoms with Crippen LogP contribution in [0.15, 0.2) is 48.5 Å². The van der Waals surface area contributed by atoms with E-state index in [2.05, 4.69) is 22.9 Å². The highest BCUT2D eigenvalue weighted by Gasteiger charge is 2.50. The molecule has 4 rings (SSSR count). The quantitative estimate of drug-likeness (QED) is 0.259. The zero-order valence-corrected chi connectivity index (χ0v) is 25.2. The molecule has 2 heterocycles.